The molecule has 1 heterocycles. The molecule has 0 aliphatic carbocycles. The number of fused-ring (bicyclic) bond motifs is 1. The lowest BCUT2D eigenvalue weighted by Crippen LogP contribution is -2.31. The number of carbonyl (C=O) groups is 2. The van der Waals surface area contributed by atoms with E-state index in [-0.39, 0.29) is 30.1 Å². The zero-order valence-electron chi connectivity index (χ0n) is 18.7. The lowest BCUT2D eigenvalue weighted by atomic mass is 10.1. The summed E-state index contributed by atoms with van der Waals surface area (Å²) in [6.07, 6.45) is 0.287. The maximum Gasteiger partial charge on any atom is 0.255 e. The van der Waals surface area contributed by atoms with Gasteiger partial charge >= 0.3 is 0 Å². The van der Waals surface area contributed by atoms with Crippen LogP contribution in [0.25, 0.3) is 16.7 Å². The number of hydrogen-bond acceptors (Lipinski definition) is 3. The number of halogens is 1. The van der Waals surface area contributed by atoms with Crippen LogP contribution in [0.5, 0.6) is 0 Å². The van der Waals surface area contributed by atoms with E-state index in [2.05, 4.69) is 15.6 Å². The maximum atomic E-state index is 13.4. The van der Waals surface area contributed by atoms with Crippen LogP contribution in [0, 0.1) is 12.7 Å². The van der Waals surface area contributed by atoms with Crippen LogP contribution in [0.2, 0.25) is 0 Å². The number of aromatic nitrogens is 2. The van der Waals surface area contributed by atoms with Gasteiger partial charge in [0, 0.05) is 23.0 Å². The van der Waals surface area contributed by atoms with Crippen molar-refractivity contribution in [2.24, 2.45) is 0 Å². The second-order valence-corrected chi connectivity index (χ2v) is 8.22. The average molecular weight is 445 g/mol. The predicted molar refractivity (Wildman–Crippen MR) is 127 cm³/mol. The molecule has 0 unspecified atom stereocenters. The lowest BCUT2D eigenvalue weighted by molar-refractivity contribution is -0.120. The molecule has 2 N–H and O–H groups in total. The molecule has 2 amide bonds. The summed E-state index contributed by atoms with van der Waals surface area (Å²) in [5.74, 6) is 0.133. The van der Waals surface area contributed by atoms with Gasteiger partial charge in [0.25, 0.3) is 5.91 Å². The summed E-state index contributed by atoms with van der Waals surface area (Å²) in [4.78, 5) is 29.4. The van der Waals surface area contributed by atoms with Crippen molar-refractivity contribution in [3.05, 3.63) is 89.5 Å². The summed E-state index contributed by atoms with van der Waals surface area (Å²) in [6, 6.07) is 18.8. The zero-order chi connectivity index (χ0) is 23.5. The Morgan fingerprint density at radius 2 is 1.70 bits per heavy atom. The molecule has 0 bridgehead atoms. The van der Waals surface area contributed by atoms with Gasteiger partial charge in [-0.25, -0.2) is 9.37 Å². The molecule has 7 heteroatoms. The van der Waals surface area contributed by atoms with Crippen LogP contribution in [0.3, 0.4) is 0 Å². The normalized spacial score (nSPS) is 11.1. The number of aryl methyl sites for hydroxylation is 1. The van der Waals surface area contributed by atoms with E-state index in [1.165, 1.54) is 12.1 Å². The fourth-order valence-electron chi connectivity index (χ4n) is 3.72. The predicted octanol–water partition coefficient (Wildman–Crippen LogP) is 4.79. The number of benzene rings is 3. The first-order valence-electron chi connectivity index (χ1n) is 10.7. The second-order valence-electron chi connectivity index (χ2n) is 8.22. The number of nitrogens with one attached hydrogen (secondary N) is 2. The van der Waals surface area contributed by atoms with E-state index in [1.807, 2.05) is 37.5 Å². The Balaban J connectivity index is 1.53. The Kier molecular flexibility index (Phi) is 6.22. The average Bonchev–Trinajstić information content (AvgIpc) is 3.10. The number of carbonyl (C=O) groups excluding carboxylic acids is 2. The minimum absolute atomic E-state index is 0.0388. The van der Waals surface area contributed by atoms with Crippen molar-refractivity contribution in [2.75, 3.05) is 5.32 Å². The van der Waals surface area contributed by atoms with E-state index in [0.29, 0.717) is 11.3 Å². The molecule has 1 aromatic heterocycles. The van der Waals surface area contributed by atoms with E-state index in [9.17, 15) is 14.0 Å². The molecule has 0 saturated heterocycles. The number of rotatable bonds is 6. The Morgan fingerprint density at radius 3 is 2.36 bits per heavy atom. The zero-order valence-corrected chi connectivity index (χ0v) is 18.7. The van der Waals surface area contributed by atoms with Crippen LogP contribution in [0.1, 0.15) is 35.6 Å². The standard InChI is InChI=1S/C26H25FN4O2/c1-16(2)28-25(32)14-18-4-9-21(10-5-18)30-26(33)19-6-13-23-24(15-19)31(17(3)29-23)22-11-7-20(27)8-12-22/h4-13,15-16H,14H2,1-3H3,(H,28,32)(H,30,33). The first-order valence-corrected chi connectivity index (χ1v) is 10.7. The summed E-state index contributed by atoms with van der Waals surface area (Å²) in [5.41, 5.74) is 4.26. The molecule has 33 heavy (non-hydrogen) atoms. The van der Waals surface area contributed by atoms with Crippen molar-refractivity contribution in [3.63, 3.8) is 0 Å². The van der Waals surface area contributed by atoms with Gasteiger partial charge in [0.2, 0.25) is 5.91 Å². The molecule has 168 valence electrons. The Labute approximate surface area is 191 Å². The monoisotopic (exact) mass is 444 g/mol. The third kappa shape index (κ3) is 5.09. The molecular formula is C26H25FN4O2. The van der Waals surface area contributed by atoms with Crippen LogP contribution < -0.4 is 10.6 Å². The number of amides is 2. The van der Waals surface area contributed by atoms with Gasteiger partial charge in [-0.2, -0.15) is 0 Å². The molecule has 4 aromatic rings. The molecule has 4 rings (SSSR count). The molecule has 0 aliphatic heterocycles. The molecule has 0 spiro atoms. The van der Waals surface area contributed by atoms with Gasteiger partial charge in [0.1, 0.15) is 11.6 Å². The molecule has 0 saturated carbocycles. The van der Waals surface area contributed by atoms with Crippen LogP contribution in [0.15, 0.2) is 66.7 Å². The van der Waals surface area contributed by atoms with E-state index in [1.54, 1.807) is 42.5 Å². The lowest BCUT2D eigenvalue weighted by Gasteiger charge is -2.10. The Hall–Kier alpha value is -4.00. The highest BCUT2D eigenvalue weighted by Gasteiger charge is 2.14. The van der Waals surface area contributed by atoms with Crippen LogP contribution in [-0.4, -0.2) is 27.4 Å². The number of anilines is 1. The SMILES string of the molecule is Cc1nc2ccc(C(=O)Nc3ccc(CC(=O)NC(C)C)cc3)cc2n1-c1ccc(F)cc1. The summed E-state index contributed by atoms with van der Waals surface area (Å²) in [5, 5.41) is 5.75. The summed E-state index contributed by atoms with van der Waals surface area (Å²) in [6.45, 7) is 5.70. The molecule has 3 aromatic carbocycles. The van der Waals surface area contributed by atoms with Crippen LogP contribution in [-0.2, 0) is 11.2 Å². The van der Waals surface area contributed by atoms with E-state index in [4.69, 9.17) is 0 Å². The van der Waals surface area contributed by atoms with Crippen LogP contribution >= 0.6 is 0 Å². The van der Waals surface area contributed by atoms with Gasteiger partial charge in [0.15, 0.2) is 0 Å². The quantitative estimate of drug-likeness (QED) is 0.449. The number of imidazole rings is 1. The molecule has 6 nitrogen and oxygen atoms in total. The maximum absolute atomic E-state index is 13.4. The number of nitrogens with zero attached hydrogens (tertiary/aromatic N) is 2. The van der Waals surface area contributed by atoms with Crippen molar-refractivity contribution < 1.29 is 14.0 Å². The van der Waals surface area contributed by atoms with E-state index in [0.717, 1.165) is 28.1 Å². The van der Waals surface area contributed by atoms with Crippen LogP contribution in [0.4, 0.5) is 10.1 Å². The molecular weight excluding hydrogens is 419 g/mol. The van der Waals surface area contributed by atoms with Gasteiger partial charge in [-0.15, -0.1) is 0 Å². The van der Waals surface area contributed by atoms with E-state index >= 15 is 0 Å². The van der Waals surface area contributed by atoms with Gasteiger partial charge < -0.3 is 10.6 Å². The molecule has 0 aliphatic rings. The van der Waals surface area contributed by atoms with Crippen molar-refractivity contribution in [2.45, 2.75) is 33.2 Å². The summed E-state index contributed by atoms with van der Waals surface area (Å²) >= 11 is 0. The summed E-state index contributed by atoms with van der Waals surface area (Å²) in [7, 11) is 0. The second kappa shape index (κ2) is 9.24. The third-order valence-corrected chi connectivity index (χ3v) is 5.20. The minimum Gasteiger partial charge on any atom is -0.354 e. The van der Waals surface area contributed by atoms with Crippen molar-refractivity contribution in [3.8, 4) is 5.69 Å². The van der Waals surface area contributed by atoms with Gasteiger partial charge in [-0.3, -0.25) is 14.2 Å². The van der Waals surface area contributed by atoms with Gasteiger partial charge in [0.05, 0.1) is 17.5 Å². The fraction of sp³-hybridized carbons (Fsp3) is 0.192. The Morgan fingerprint density at radius 1 is 1.00 bits per heavy atom. The highest BCUT2D eigenvalue weighted by Crippen LogP contribution is 2.23. The fourth-order valence-corrected chi connectivity index (χ4v) is 3.72. The third-order valence-electron chi connectivity index (χ3n) is 5.20. The highest BCUT2D eigenvalue weighted by molar-refractivity contribution is 6.06. The van der Waals surface area contributed by atoms with Gasteiger partial charge in [-0.1, -0.05) is 12.1 Å². The smallest absolute Gasteiger partial charge is 0.255 e. The largest absolute Gasteiger partial charge is 0.354 e. The minimum atomic E-state index is -0.313. The molecule has 0 atom stereocenters. The first-order chi connectivity index (χ1) is 15.8. The number of hydrogen-bond donors (Lipinski definition) is 2. The first kappa shape index (κ1) is 22.2. The Bertz CT molecular complexity index is 1310. The van der Waals surface area contributed by atoms with E-state index < -0.39 is 0 Å². The molecule has 0 fully saturated rings. The van der Waals surface area contributed by atoms with Gasteiger partial charge in [-0.05, 0) is 80.9 Å². The van der Waals surface area contributed by atoms with Crippen molar-refractivity contribution in [1.29, 1.82) is 0 Å². The topological polar surface area (TPSA) is 76.0 Å². The summed E-state index contributed by atoms with van der Waals surface area (Å²) < 4.78 is 15.3. The molecule has 0 radical (unpaired) electrons. The van der Waals surface area contributed by atoms with Crippen molar-refractivity contribution in [1.82, 2.24) is 14.9 Å². The van der Waals surface area contributed by atoms with Crippen molar-refractivity contribution >= 4 is 28.5 Å². The highest BCUT2D eigenvalue weighted by atomic mass is 19.1.